The highest BCUT2D eigenvalue weighted by Crippen LogP contribution is 2.22. The van der Waals surface area contributed by atoms with Crippen LogP contribution in [0.15, 0.2) is 5.38 Å². The maximum Gasteiger partial charge on any atom is 0.106 e. The summed E-state index contributed by atoms with van der Waals surface area (Å²) in [6.07, 6.45) is 8.44. The minimum atomic E-state index is 0.525. The number of fused-ring (bicyclic) bond motifs is 1. The van der Waals surface area contributed by atoms with Crippen molar-refractivity contribution in [2.45, 2.75) is 64.3 Å². The fourth-order valence-corrected chi connectivity index (χ4v) is 4.17. The number of thiazole rings is 1. The van der Waals surface area contributed by atoms with Gasteiger partial charge in [0.2, 0.25) is 0 Å². The van der Waals surface area contributed by atoms with E-state index < -0.39 is 0 Å². The molecule has 0 bridgehead atoms. The van der Waals surface area contributed by atoms with Crippen molar-refractivity contribution in [3.05, 3.63) is 33.3 Å². The number of hydrogen-bond acceptors (Lipinski definition) is 3. The first-order valence-corrected chi connectivity index (χ1v) is 9.23. The quantitative estimate of drug-likeness (QED) is 0.586. The van der Waals surface area contributed by atoms with Crippen LogP contribution < -0.4 is 0 Å². The molecule has 0 fully saturated rings. The van der Waals surface area contributed by atoms with E-state index in [9.17, 15) is 0 Å². The summed E-state index contributed by atoms with van der Waals surface area (Å²) < 4.78 is 2.44. The highest BCUT2D eigenvalue weighted by molar-refractivity contribution is 7.09. The van der Waals surface area contributed by atoms with Crippen molar-refractivity contribution in [1.29, 1.82) is 0 Å². The number of nitrogens with zero attached hydrogens (tertiary/aromatic N) is 3. The largest absolute Gasteiger partial charge is 0.332 e. The predicted octanol–water partition coefficient (Wildman–Crippen LogP) is 4.29. The second kappa shape index (κ2) is 6.93. The van der Waals surface area contributed by atoms with Crippen LogP contribution in [0.3, 0.4) is 0 Å². The lowest BCUT2D eigenvalue weighted by Gasteiger charge is -2.14. The summed E-state index contributed by atoms with van der Waals surface area (Å²) in [5.74, 6) is 1.72. The average Bonchev–Trinajstić information content (AvgIpc) is 3.08. The predicted molar refractivity (Wildman–Crippen MR) is 88.2 cm³/mol. The topological polar surface area (TPSA) is 30.7 Å². The van der Waals surface area contributed by atoms with E-state index in [2.05, 4.69) is 21.9 Å². The van der Waals surface area contributed by atoms with Gasteiger partial charge in [0.05, 0.1) is 22.3 Å². The zero-order valence-corrected chi connectivity index (χ0v) is 14.1. The number of alkyl halides is 1. The fraction of sp³-hybridized carbons (Fsp3) is 0.625. The van der Waals surface area contributed by atoms with Crippen LogP contribution in [0.25, 0.3) is 0 Å². The van der Waals surface area contributed by atoms with E-state index in [4.69, 9.17) is 16.6 Å². The Kier molecular flexibility index (Phi) is 4.96. The molecule has 21 heavy (non-hydrogen) atoms. The molecule has 1 aliphatic carbocycles. The standard InChI is InChI=1S/C16H22ClN3S/c1-12-18-14-6-2-3-7-15(14)20(12)9-5-4-8-16-19-13(10-17)11-21-16/h11H,2-10H2,1H3. The first kappa shape index (κ1) is 15.0. The first-order chi connectivity index (χ1) is 10.3. The molecule has 0 atom stereocenters. The minimum Gasteiger partial charge on any atom is -0.332 e. The van der Waals surface area contributed by atoms with Crippen LogP contribution in [-0.2, 0) is 31.7 Å². The minimum absolute atomic E-state index is 0.525. The summed E-state index contributed by atoms with van der Waals surface area (Å²) in [5, 5.41) is 3.29. The third-order valence-corrected chi connectivity index (χ3v) is 5.41. The summed E-state index contributed by atoms with van der Waals surface area (Å²) in [6, 6.07) is 0. The molecule has 2 heterocycles. The number of aryl methyl sites for hydroxylation is 3. The van der Waals surface area contributed by atoms with Gasteiger partial charge in [0, 0.05) is 17.6 Å². The number of aromatic nitrogens is 3. The summed E-state index contributed by atoms with van der Waals surface area (Å²) in [5.41, 5.74) is 3.86. The Morgan fingerprint density at radius 2 is 2.10 bits per heavy atom. The smallest absolute Gasteiger partial charge is 0.106 e. The van der Waals surface area contributed by atoms with Gasteiger partial charge in [-0.15, -0.1) is 22.9 Å². The zero-order chi connectivity index (χ0) is 14.7. The van der Waals surface area contributed by atoms with Gasteiger partial charge < -0.3 is 4.57 Å². The highest BCUT2D eigenvalue weighted by Gasteiger charge is 2.17. The van der Waals surface area contributed by atoms with E-state index >= 15 is 0 Å². The Morgan fingerprint density at radius 1 is 1.24 bits per heavy atom. The van der Waals surface area contributed by atoms with E-state index in [0.29, 0.717) is 5.88 Å². The summed E-state index contributed by atoms with van der Waals surface area (Å²) in [6.45, 7) is 3.24. The molecule has 3 rings (SSSR count). The molecular formula is C16H22ClN3S. The van der Waals surface area contributed by atoms with Gasteiger partial charge in [-0.1, -0.05) is 0 Å². The Balaban J connectivity index is 1.52. The molecule has 114 valence electrons. The summed E-state index contributed by atoms with van der Waals surface area (Å²) >= 11 is 7.52. The van der Waals surface area contributed by atoms with Crippen molar-refractivity contribution >= 4 is 22.9 Å². The van der Waals surface area contributed by atoms with Gasteiger partial charge in [0.1, 0.15) is 5.82 Å². The van der Waals surface area contributed by atoms with E-state index in [1.807, 2.05) is 0 Å². The third kappa shape index (κ3) is 3.49. The second-order valence-corrected chi connectivity index (χ2v) is 6.94. The number of halogens is 1. The van der Waals surface area contributed by atoms with Gasteiger partial charge >= 0.3 is 0 Å². The van der Waals surface area contributed by atoms with Crippen molar-refractivity contribution in [3.63, 3.8) is 0 Å². The first-order valence-electron chi connectivity index (χ1n) is 7.82. The third-order valence-electron chi connectivity index (χ3n) is 4.18. The van der Waals surface area contributed by atoms with Gasteiger partial charge in [-0.2, -0.15) is 0 Å². The molecule has 5 heteroatoms. The molecule has 0 radical (unpaired) electrons. The lowest BCUT2D eigenvalue weighted by Crippen LogP contribution is -2.09. The highest BCUT2D eigenvalue weighted by atomic mass is 35.5. The van der Waals surface area contributed by atoms with Crippen molar-refractivity contribution in [2.75, 3.05) is 0 Å². The number of hydrogen-bond donors (Lipinski definition) is 0. The molecule has 0 saturated heterocycles. The Morgan fingerprint density at radius 3 is 2.90 bits per heavy atom. The van der Waals surface area contributed by atoms with Crippen molar-refractivity contribution in [1.82, 2.24) is 14.5 Å². The maximum absolute atomic E-state index is 5.79. The Hall–Kier alpha value is -0.870. The molecule has 0 amide bonds. The molecule has 2 aromatic rings. The summed E-state index contributed by atoms with van der Waals surface area (Å²) in [7, 11) is 0. The monoisotopic (exact) mass is 323 g/mol. The fourth-order valence-electron chi connectivity index (χ4n) is 3.10. The molecule has 2 aromatic heterocycles. The molecule has 3 nitrogen and oxygen atoms in total. The molecule has 0 aliphatic heterocycles. The van der Waals surface area contributed by atoms with Gasteiger partial charge in [0.15, 0.2) is 0 Å². The van der Waals surface area contributed by atoms with Gasteiger partial charge in [-0.05, 0) is 51.9 Å². The van der Waals surface area contributed by atoms with Crippen molar-refractivity contribution < 1.29 is 0 Å². The Bertz CT molecular complexity index is 603. The average molecular weight is 324 g/mol. The molecule has 0 spiro atoms. The van der Waals surface area contributed by atoms with Crippen molar-refractivity contribution in [3.8, 4) is 0 Å². The molecule has 0 unspecified atom stereocenters. The van der Waals surface area contributed by atoms with Crippen LogP contribution >= 0.6 is 22.9 Å². The number of unbranched alkanes of at least 4 members (excludes halogenated alkanes) is 1. The lowest BCUT2D eigenvalue weighted by atomic mass is 10.0. The second-order valence-electron chi connectivity index (χ2n) is 5.73. The molecule has 0 aromatic carbocycles. The summed E-state index contributed by atoms with van der Waals surface area (Å²) in [4.78, 5) is 9.26. The normalized spacial score (nSPS) is 14.4. The van der Waals surface area contributed by atoms with Crippen LogP contribution in [-0.4, -0.2) is 14.5 Å². The van der Waals surface area contributed by atoms with Gasteiger partial charge in [-0.3, -0.25) is 0 Å². The lowest BCUT2D eigenvalue weighted by molar-refractivity contribution is 0.557. The number of rotatable bonds is 6. The van der Waals surface area contributed by atoms with Crippen LogP contribution in [0, 0.1) is 6.92 Å². The van der Waals surface area contributed by atoms with Gasteiger partial charge in [0.25, 0.3) is 0 Å². The number of imidazole rings is 1. The maximum atomic E-state index is 5.79. The molecule has 1 aliphatic rings. The van der Waals surface area contributed by atoms with Crippen LogP contribution in [0.5, 0.6) is 0 Å². The van der Waals surface area contributed by atoms with Crippen LogP contribution in [0.2, 0.25) is 0 Å². The zero-order valence-electron chi connectivity index (χ0n) is 12.6. The Labute approximate surface area is 135 Å². The molecular weight excluding hydrogens is 302 g/mol. The molecule has 0 N–H and O–H groups in total. The van der Waals surface area contributed by atoms with Crippen LogP contribution in [0.4, 0.5) is 0 Å². The van der Waals surface area contributed by atoms with E-state index in [1.165, 1.54) is 60.7 Å². The SMILES string of the molecule is Cc1nc2c(n1CCCCc1nc(CCl)cs1)CCCC2. The molecule has 0 saturated carbocycles. The van der Waals surface area contributed by atoms with Crippen LogP contribution in [0.1, 0.15) is 53.6 Å². The van der Waals surface area contributed by atoms with Gasteiger partial charge in [-0.25, -0.2) is 9.97 Å². The van der Waals surface area contributed by atoms with E-state index in [1.54, 1.807) is 11.3 Å². The van der Waals surface area contributed by atoms with E-state index in [0.717, 1.165) is 18.7 Å². The van der Waals surface area contributed by atoms with E-state index in [-0.39, 0.29) is 0 Å². The van der Waals surface area contributed by atoms with Crippen molar-refractivity contribution in [2.24, 2.45) is 0 Å².